The zero-order valence-electron chi connectivity index (χ0n) is 14.7. The summed E-state index contributed by atoms with van der Waals surface area (Å²) in [7, 11) is 1.03. The highest BCUT2D eigenvalue weighted by atomic mass is 19.4. The Hall–Kier alpha value is -3.11. The van der Waals surface area contributed by atoms with E-state index in [1.54, 1.807) is 0 Å². The molecule has 0 aliphatic carbocycles. The average Bonchev–Trinajstić information content (AvgIpc) is 2.59. The molecule has 0 spiro atoms. The predicted molar refractivity (Wildman–Crippen MR) is 88.4 cm³/mol. The van der Waals surface area contributed by atoms with E-state index in [0.29, 0.717) is 4.90 Å². The summed E-state index contributed by atoms with van der Waals surface area (Å²) in [4.78, 5) is 24.9. The van der Waals surface area contributed by atoms with Crippen molar-refractivity contribution in [1.29, 1.82) is 0 Å². The lowest BCUT2D eigenvalue weighted by Crippen LogP contribution is -2.35. The van der Waals surface area contributed by atoms with E-state index < -0.39 is 53.2 Å². The highest BCUT2D eigenvalue weighted by Gasteiger charge is 2.37. The van der Waals surface area contributed by atoms with Gasteiger partial charge in [0.2, 0.25) is 5.91 Å². The number of carbonyl (C=O) groups excluding carboxylic acids is 2. The van der Waals surface area contributed by atoms with Gasteiger partial charge < -0.3 is 10.2 Å². The third-order valence-electron chi connectivity index (χ3n) is 3.67. The number of nitrogens with one attached hydrogen (secondary N) is 1. The maximum absolute atomic E-state index is 13.1. The number of carbonyl (C=O) groups is 2. The van der Waals surface area contributed by atoms with Gasteiger partial charge in [0.1, 0.15) is 5.82 Å². The maximum Gasteiger partial charge on any atom is 0.416 e. The highest BCUT2D eigenvalue weighted by molar-refractivity contribution is 5.99. The van der Waals surface area contributed by atoms with E-state index in [2.05, 4.69) is 5.32 Å². The average molecular weight is 422 g/mol. The van der Waals surface area contributed by atoms with Crippen molar-refractivity contribution in [2.24, 2.45) is 0 Å². The molecular weight excluding hydrogens is 409 g/mol. The van der Waals surface area contributed by atoms with Crippen LogP contribution >= 0.6 is 0 Å². The number of amides is 2. The molecule has 0 heterocycles. The summed E-state index contributed by atoms with van der Waals surface area (Å²) in [5, 5.41) is 2.26. The van der Waals surface area contributed by atoms with Crippen LogP contribution in [0.1, 0.15) is 21.5 Å². The summed E-state index contributed by atoms with van der Waals surface area (Å²) < 4.78 is 90.5. The monoisotopic (exact) mass is 422 g/mol. The van der Waals surface area contributed by atoms with Gasteiger partial charge in [-0.15, -0.1) is 0 Å². The first kappa shape index (κ1) is 22.2. The van der Waals surface area contributed by atoms with Crippen LogP contribution in [0.15, 0.2) is 42.5 Å². The van der Waals surface area contributed by atoms with Gasteiger partial charge in [-0.05, 0) is 36.4 Å². The van der Waals surface area contributed by atoms with E-state index >= 15 is 0 Å². The zero-order valence-corrected chi connectivity index (χ0v) is 14.7. The molecular formula is C18H13F7N2O2. The molecule has 0 aliphatic heterocycles. The second kappa shape index (κ2) is 8.10. The molecule has 0 atom stereocenters. The molecule has 1 N–H and O–H groups in total. The van der Waals surface area contributed by atoms with Crippen molar-refractivity contribution in [1.82, 2.24) is 4.90 Å². The van der Waals surface area contributed by atoms with E-state index in [9.17, 15) is 40.3 Å². The van der Waals surface area contributed by atoms with Crippen molar-refractivity contribution in [2.75, 3.05) is 18.9 Å². The summed E-state index contributed by atoms with van der Waals surface area (Å²) >= 11 is 0. The number of benzene rings is 2. The number of likely N-dealkylation sites (N-methyl/N-ethyl adjacent to an activating group) is 1. The summed E-state index contributed by atoms with van der Waals surface area (Å²) in [5.41, 5.74) is -4.11. The minimum atomic E-state index is -5.11. The van der Waals surface area contributed by atoms with Crippen molar-refractivity contribution in [3.05, 3.63) is 65.0 Å². The smallest absolute Gasteiger partial charge is 0.332 e. The number of hydrogen-bond donors (Lipinski definition) is 1. The summed E-state index contributed by atoms with van der Waals surface area (Å²) in [5.74, 6) is -2.69. The zero-order chi connectivity index (χ0) is 22.0. The van der Waals surface area contributed by atoms with Crippen molar-refractivity contribution in [3.8, 4) is 0 Å². The molecule has 2 rings (SSSR count). The van der Waals surface area contributed by atoms with Crippen LogP contribution in [-0.4, -0.2) is 30.3 Å². The Morgan fingerprint density at radius 1 is 0.931 bits per heavy atom. The van der Waals surface area contributed by atoms with Gasteiger partial charge in [0.05, 0.1) is 17.7 Å². The van der Waals surface area contributed by atoms with Crippen LogP contribution in [0, 0.1) is 5.82 Å². The SMILES string of the molecule is CN(CC(=O)Nc1cccc(F)c1)C(=O)c1cc(C(F)(F)F)cc(C(F)(F)F)c1. The molecule has 11 heteroatoms. The Morgan fingerprint density at radius 3 is 1.97 bits per heavy atom. The summed E-state index contributed by atoms with van der Waals surface area (Å²) in [6, 6.07) is 5.22. The molecule has 0 fully saturated rings. The minimum Gasteiger partial charge on any atom is -0.332 e. The second-order valence-corrected chi connectivity index (χ2v) is 6.01. The Balaban J connectivity index is 2.22. The third-order valence-corrected chi connectivity index (χ3v) is 3.67. The molecule has 0 saturated carbocycles. The minimum absolute atomic E-state index is 0.0641. The molecule has 0 unspecified atom stereocenters. The van der Waals surface area contributed by atoms with Crippen molar-refractivity contribution in [2.45, 2.75) is 12.4 Å². The molecule has 0 saturated heterocycles. The first-order chi connectivity index (χ1) is 13.3. The summed E-state index contributed by atoms with van der Waals surface area (Å²) in [6.07, 6.45) is -10.2. The first-order valence-electron chi connectivity index (χ1n) is 7.88. The first-order valence-corrected chi connectivity index (χ1v) is 7.88. The van der Waals surface area contributed by atoms with Gasteiger partial charge in [0.15, 0.2) is 0 Å². The molecule has 156 valence electrons. The Morgan fingerprint density at radius 2 is 1.48 bits per heavy atom. The third kappa shape index (κ3) is 5.93. The quantitative estimate of drug-likeness (QED) is 0.734. The lowest BCUT2D eigenvalue weighted by Gasteiger charge is -2.19. The molecule has 0 radical (unpaired) electrons. The number of alkyl halides is 6. The predicted octanol–water partition coefficient (Wildman–Crippen LogP) is 4.57. The lowest BCUT2D eigenvalue weighted by molar-refractivity contribution is -0.143. The van der Waals surface area contributed by atoms with Crippen LogP contribution < -0.4 is 5.32 Å². The van der Waals surface area contributed by atoms with E-state index in [-0.39, 0.29) is 23.9 Å². The van der Waals surface area contributed by atoms with Gasteiger partial charge in [-0.25, -0.2) is 4.39 Å². The summed E-state index contributed by atoms with van der Waals surface area (Å²) in [6.45, 7) is -0.688. The van der Waals surface area contributed by atoms with Crippen LogP contribution in [0.25, 0.3) is 0 Å². The van der Waals surface area contributed by atoms with Crippen molar-refractivity contribution in [3.63, 3.8) is 0 Å². The fourth-order valence-corrected chi connectivity index (χ4v) is 2.35. The van der Waals surface area contributed by atoms with Crippen molar-refractivity contribution < 1.29 is 40.3 Å². The van der Waals surface area contributed by atoms with Crippen LogP contribution in [-0.2, 0) is 17.1 Å². The Kier molecular flexibility index (Phi) is 6.19. The molecule has 4 nitrogen and oxygen atoms in total. The molecule has 2 amide bonds. The van der Waals surface area contributed by atoms with Crippen molar-refractivity contribution >= 4 is 17.5 Å². The van der Waals surface area contributed by atoms with E-state index in [0.717, 1.165) is 19.2 Å². The van der Waals surface area contributed by atoms with Gasteiger partial charge in [0, 0.05) is 18.3 Å². The molecule has 0 aliphatic rings. The van der Waals surface area contributed by atoms with E-state index in [1.165, 1.54) is 12.1 Å². The van der Waals surface area contributed by atoms with Gasteiger partial charge >= 0.3 is 12.4 Å². The van der Waals surface area contributed by atoms with E-state index in [4.69, 9.17) is 0 Å². The fraction of sp³-hybridized carbons (Fsp3) is 0.222. The molecule has 2 aromatic carbocycles. The second-order valence-electron chi connectivity index (χ2n) is 6.01. The lowest BCUT2D eigenvalue weighted by atomic mass is 10.0. The molecule has 2 aromatic rings. The normalized spacial score (nSPS) is 11.9. The van der Waals surface area contributed by atoms with E-state index in [1.807, 2.05) is 0 Å². The number of anilines is 1. The molecule has 29 heavy (non-hydrogen) atoms. The fourth-order valence-electron chi connectivity index (χ4n) is 2.35. The van der Waals surface area contributed by atoms with Gasteiger partial charge in [-0.3, -0.25) is 9.59 Å². The number of nitrogens with zero attached hydrogens (tertiary/aromatic N) is 1. The van der Waals surface area contributed by atoms with Crippen LogP contribution in [0.2, 0.25) is 0 Å². The topological polar surface area (TPSA) is 49.4 Å². The molecule has 0 bridgehead atoms. The largest absolute Gasteiger partial charge is 0.416 e. The maximum atomic E-state index is 13.1. The Labute approximate surface area is 159 Å². The Bertz CT molecular complexity index is 891. The highest BCUT2D eigenvalue weighted by Crippen LogP contribution is 2.36. The van der Waals surface area contributed by atoms with Gasteiger partial charge in [-0.1, -0.05) is 6.07 Å². The number of hydrogen-bond acceptors (Lipinski definition) is 2. The van der Waals surface area contributed by atoms with Crippen LogP contribution in [0.3, 0.4) is 0 Å². The molecule has 0 aromatic heterocycles. The van der Waals surface area contributed by atoms with Gasteiger partial charge in [0.25, 0.3) is 5.91 Å². The van der Waals surface area contributed by atoms with Crippen LogP contribution in [0.5, 0.6) is 0 Å². The van der Waals surface area contributed by atoms with Crippen LogP contribution in [0.4, 0.5) is 36.4 Å². The number of halogens is 7. The van der Waals surface area contributed by atoms with Gasteiger partial charge in [-0.2, -0.15) is 26.3 Å². The number of rotatable bonds is 4. The standard InChI is InChI=1S/C18H13F7N2O2/c1-27(9-15(28)26-14-4-2-3-13(19)8-14)16(29)10-5-11(17(20,21)22)7-12(6-10)18(23,24)25/h2-8H,9H2,1H3,(H,26,28).